The smallest absolute Gasteiger partial charge is 0.107 e. The zero-order chi connectivity index (χ0) is 13.6. The lowest BCUT2D eigenvalue weighted by atomic mass is 10.1. The summed E-state index contributed by atoms with van der Waals surface area (Å²) in [4.78, 5) is 4.56. The molecule has 0 unspecified atom stereocenters. The Hall–Kier alpha value is -0.450. The van der Waals surface area contributed by atoms with Crippen molar-refractivity contribution < 1.29 is 4.74 Å². The highest BCUT2D eigenvalue weighted by atomic mass is 32.1. The Kier molecular flexibility index (Phi) is 6.26. The Balaban J connectivity index is 2.26. The van der Waals surface area contributed by atoms with E-state index in [0.29, 0.717) is 12.5 Å². The summed E-state index contributed by atoms with van der Waals surface area (Å²) in [6.07, 6.45) is 1.11. The first-order valence-electron chi connectivity index (χ1n) is 6.63. The summed E-state index contributed by atoms with van der Waals surface area (Å²) in [7, 11) is 0. The molecular weight excluding hydrogens is 244 g/mol. The Morgan fingerprint density at radius 3 is 2.72 bits per heavy atom. The summed E-state index contributed by atoms with van der Waals surface area (Å²) in [5.41, 5.74) is 1.19. The molecule has 0 saturated heterocycles. The van der Waals surface area contributed by atoms with Crippen molar-refractivity contribution in [1.82, 2.24) is 10.3 Å². The van der Waals surface area contributed by atoms with Crippen molar-refractivity contribution in [3.63, 3.8) is 0 Å². The van der Waals surface area contributed by atoms with Crippen molar-refractivity contribution in [1.29, 1.82) is 0 Å². The zero-order valence-electron chi connectivity index (χ0n) is 12.2. The lowest BCUT2D eigenvalue weighted by Crippen LogP contribution is -2.35. The zero-order valence-corrected chi connectivity index (χ0v) is 13.1. The Bertz CT molecular complexity index is 342. The minimum absolute atomic E-state index is 0.138. The molecule has 3 nitrogen and oxygen atoms in total. The van der Waals surface area contributed by atoms with Crippen LogP contribution in [0.4, 0.5) is 0 Å². The van der Waals surface area contributed by atoms with Gasteiger partial charge in [0.2, 0.25) is 0 Å². The molecule has 0 amide bonds. The average Bonchev–Trinajstić information content (AvgIpc) is 2.68. The van der Waals surface area contributed by atoms with Gasteiger partial charge in [-0.2, -0.15) is 0 Å². The Morgan fingerprint density at radius 1 is 1.39 bits per heavy atom. The molecule has 0 fully saturated rings. The molecule has 0 aromatic carbocycles. The predicted molar refractivity (Wildman–Crippen MR) is 77.8 cm³/mol. The number of nitrogens with zero attached hydrogens (tertiary/aromatic N) is 1. The topological polar surface area (TPSA) is 34.1 Å². The van der Waals surface area contributed by atoms with Gasteiger partial charge in [0.05, 0.1) is 12.3 Å². The van der Waals surface area contributed by atoms with Gasteiger partial charge in [-0.15, -0.1) is 11.3 Å². The highest BCUT2D eigenvalue weighted by Crippen LogP contribution is 2.12. The minimum Gasteiger partial charge on any atom is -0.375 e. The van der Waals surface area contributed by atoms with E-state index in [2.05, 4.69) is 50.3 Å². The van der Waals surface area contributed by atoms with E-state index in [-0.39, 0.29) is 5.54 Å². The van der Waals surface area contributed by atoms with Crippen molar-refractivity contribution >= 4 is 11.3 Å². The number of aromatic nitrogens is 1. The number of rotatable bonds is 7. The van der Waals surface area contributed by atoms with Crippen molar-refractivity contribution in [2.45, 2.75) is 59.7 Å². The van der Waals surface area contributed by atoms with Crippen LogP contribution >= 0.6 is 11.3 Å². The van der Waals surface area contributed by atoms with Crippen LogP contribution in [0.5, 0.6) is 0 Å². The van der Waals surface area contributed by atoms with Crippen LogP contribution < -0.4 is 5.32 Å². The SMILES string of the molecule is CC(C)CCOCc1csc(CNC(C)(C)C)n1. The predicted octanol–water partition coefficient (Wildman–Crippen LogP) is 3.59. The number of hydrogen-bond acceptors (Lipinski definition) is 4. The second kappa shape index (κ2) is 7.22. The molecular formula is C14H26N2OS. The van der Waals surface area contributed by atoms with Crippen molar-refractivity contribution in [2.24, 2.45) is 5.92 Å². The van der Waals surface area contributed by atoms with Crippen LogP contribution in [0.15, 0.2) is 5.38 Å². The van der Waals surface area contributed by atoms with E-state index in [1.807, 2.05) is 0 Å². The van der Waals surface area contributed by atoms with E-state index in [1.165, 1.54) is 0 Å². The summed E-state index contributed by atoms with van der Waals surface area (Å²) >= 11 is 1.70. The van der Waals surface area contributed by atoms with Crippen LogP contribution in [0.3, 0.4) is 0 Å². The first-order valence-corrected chi connectivity index (χ1v) is 7.51. The van der Waals surface area contributed by atoms with E-state index >= 15 is 0 Å². The second-order valence-corrected chi connectivity index (χ2v) is 7.01. The average molecular weight is 270 g/mol. The van der Waals surface area contributed by atoms with E-state index in [9.17, 15) is 0 Å². The fraction of sp³-hybridized carbons (Fsp3) is 0.786. The molecule has 1 N–H and O–H groups in total. The van der Waals surface area contributed by atoms with Crippen molar-refractivity contribution in [2.75, 3.05) is 6.61 Å². The molecule has 0 aliphatic rings. The largest absolute Gasteiger partial charge is 0.375 e. The maximum atomic E-state index is 5.61. The van der Waals surface area contributed by atoms with Gasteiger partial charge in [-0.25, -0.2) is 4.98 Å². The highest BCUT2D eigenvalue weighted by molar-refractivity contribution is 7.09. The third-order valence-electron chi connectivity index (χ3n) is 2.46. The first-order chi connectivity index (χ1) is 8.37. The molecule has 1 heterocycles. The van der Waals surface area contributed by atoms with Gasteiger partial charge in [0.1, 0.15) is 5.01 Å². The maximum Gasteiger partial charge on any atom is 0.107 e. The third kappa shape index (κ3) is 7.09. The molecule has 0 aliphatic heterocycles. The summed E-state index contributed by atoms with van der Waals surface area (Å²) < 4.78 is 5.61. The Labute approximate surface area is 115 Å². The first kappa shape index (κ1) is 15.6. The highest BCUT2D eigenvalue weighted by Gasteiger charge is 2.10. The van der Waals surface area contributed by atoms with Crippen LogP contribution in [0, 0.1) is 5.92 Å². The molecule has 0 atom stereocenters. The lowest BCUT2D eigenvalue weighted by Gasteiger charge is -2.19. The van der Waals surface area contributed by atoms with Gasteiger partial charge < -0.3 is 10.1 Å². The molecule has 0 aliphatic carbocycles. The number of thiazole rings is 1. The summed E-state index contributed by atoms with van der Waals surface area (Å²) in [5.74, 6) is 0.701. The normalized spacial score (nSPS) is 12.3. The van der Waals surface area contributed by atoms with Crippen LogP contribution in [0.2, 0.25) is 0 Å². The van der Waals surface area contributed by atoms with Gasteiger partial charge in [-0.3, -0.25) is 0 Å². The van der Waals surface area contributed by atoms with E-state index < -0.39 is 0 Å². The minimum atomic E-state index is 0.138. The van der Waals surface area contributed by atoms with Gasteiger partial charge in [0, 0.05) is 24.1 Å². The number of nitrogens with one attached hydrogen (secondary N) is 1. The molecule has 1 rings (SSSR count). The van der Waals surface area contributed by atoms with Crippen LogP contribution in [-0.4, -0.2) is 17.1 Å². The molecule has 1 aromatic rings. The van der Waals surface area contributed by atoms with Gasteiger partial charge in [0.25, 0.3) is 0 Å². The fourth-order valence-electron chi connectivity index (χ4n) is 1.33. The maximum absolute atomic E-state index is 5.61. The lowest BCUT2D eigenvalue weighted by molar-refractivity contribution is 0.108. The number of hydrogen-bond donors (Lipinski definition) is 1. The molecule has 0 bridgehead atoms. The quantitative estimate of drug-likeness (QED) is 0.769. The molecule has 1 aromatic heterocycles. The van der Waals surface area contributed by atoms with E-state index in [0.717, 1.165) is 30.3 Å². The monoisotopic (exact) mass is 270 g/mol. The van der Waals surface area contributed by atoms with E-state index in [4.69, 9.17) is 4.74 Å². The van der Waals surface area contributed by atoms with Crippen molar-refractivity contribution in [3.8, 4) is 0 Å². The molecule has 0 spiro atoms. The molecule has 104 valence electrons. The van der Waals surface area contributed by atoms with Gasteiger partial charge >= 0.3 is 0 Å². The summed E-state index contributed by atoms with van der Waals surface area (Å²) in [5, 5.41) is 6.66. The Morgan fingerprint density at radius 2 is 2.11 bits per heavy atom. The fourth-order valence-corrected chi connectivity index (χ4v) is 2.05. The molecule has 0 saturated carbocycles. The number of ether oxygens (including phenoxy) is 1. The standard InChI is InChI=1S/C14H26N2OS/c1-11(2)6-7-17-9-12-10-18-13(16-12)8-15-14(3,4)5/h10-11,15H,6-9H2,1-5H3. The second-order valence-electron chi connectivity index (χ2n) is 6.07. The van der Waals surface area contributed by atoms with Gasteiger partial charge in [-0.05, 0) is 33.1 Å². The van der Waals surface area contributed by atoms with Crippen LogP contribution in [-0.2, 0) is 17.9 Å². The van der Waals surface area contributed by atoms with E-state index in [1.54, 1.807) is 11.3 Å². The third-order valence-corrected chi connectivity index (χ3v) is 3.36. The van der Waals surface area contributed by atoms with Gasteiger partial charge in [-0.1, -0.05) is 13.8 Å². The molecule has 18 heavy (non-hydrogen) atoms. The van der Waals surface area contributed by atoms with Gasteiger partial charge in [0.15, 0.2) is 0 Å². The molecule has 0 radical (unpaired) electrons. The molecule has 4 heteroatoms. The van der Waals surface area contributed by atoms with Crippen LogP contribution in [0.1, 0.15) is 51.7 Å². The van der Waals surface area contributed by atoms with Crippen molar-refractivity contribution in [3.05, 3.63) is 16.1 Å². The summed E-state index contributed by atoms with van der Waals surface area (Å²) in [6, 6.07) is 0. The van der Waals surface area contributed by atoms with Crippen LogP contribution in [0.25, 0.3) is 0 Å². The summed E-state index contributed by atoms with van der Waals surface area (Å²) in [6.45, 7) is 13.2.